The van der Waals surface area contributed by atoms with Crippen molar-refractivity contribution in [3.05, 3.63) is 12.1 Å². The maximum atomic E-state index is 5.78. The van der Waals surface area contributed by atoms with Crippen LogP contribution in [0.2, 0.25) is 0 Å². The first-order valence-electron chi connectivity index (χ1n) is 6.21. The molecule has 0 unspecified atom stereocenters. The summed E-state index contributed by atoms with van der Waals surface area (Å²) in [5.41, 5.74) is 0. The summed E-state index contributed by atoms with van der Waals surface area (Å²) in [7, 11) is 4.80. The van der Waals surface area contributed by atoms with Crippen molar-refractivity contribution in [2.75, 3.05) is 27.9 Å². The summed E-state index contributed by atoms with van der Waals surface area (Å²) in [5, 5.41) is 0. The molecule has 0 N–H and O–H groups in total. The number of methoxy groups -OCH3 is 3. The van der Waals surface area contributed by atoms with E-state index in [1.165, 1.54) is 19.3 Å². The van der Waals surface area contributed by atoms with Crippen LogP contribution >= 0.6 is 0 Å². The van der Waals surface area contributed by atoms with Crippen molar-refractivity contribution in [2.45, 2.75) is 19.3 Å². The van der Waals surface area contributed by atoms with Crippen LogP contribution in [-0.4, -0.2) is 27.9 Å². The molecule has 1 aromatic rings. The minimum atomic E-state index is 0.594. The van der Waals surface area contributed by atoms with Gasteiger partial charge in [0.1, 0.15) is 5.75 Å². The average molecular weight is 252 g/mol. The van der Waals surface area contributed by atoms with Gasteiger partial charge in [0.05, 0.1) is 27.9 Å². The van der Waals surface area contributed by atoms with Crippen LogP contribution in [-0.2, 0) is 0 Å². The van der Waals surface area contributed by atoms with E-state index >= 15 is 0 Å². The lowest BCUT2D eigenvalue weighted by Gasteiger charge is -2.25. The summed E-state index contributed by atoms with van der Waals surface area (Å²) in [4.78, 5) is 0. The molecule has 0 radical (unpaired) electrons. The molecule has 4 nitrogen and oxygen atoms in total. The molecule has 4 heteroatoms. The van der Waals surface area contributed by atoms with Crippen LogP contribution in [0.5, 0.6) is 23.0 Å². The van der Waals surface area contributed by atoms with Gasteiger partial charge in [0, 0.05) is 12.1 Å². The fourth-order valence-electron chi connectivity index (χ4n) is 2.01. The topological polar surface area (TPSA) is 36.9 Å². The summed E-state index contributed by atoms with van der Waals surface area (Å²) in [6.45, 7) is 0.763. The summed E-state index contributed by atoms with van der Waals surface area (Å²) in [6, 6.07) is 3.67. The Bertz CT molecular complexity index is 374. The Morgan fingerprint density at radius 2 is 1.61 bits per heavy atom. The van der Waals surface area contributed by atoms with Gasteiger partial charge < -0.3 is 18.9 Å². The summed E-state index contributed by atoms with van der Waals surface area (Å²) in [6.07, 6.45) is 3.86. The monoisotopic (exact) mass is 252 g/mol. The van der Waals surface area contributed by atoms with Crippen LogP contribution < -0.4 is 18.9 Å². The third-order valence-corrected chi connectivity index (χ3v) is 3.35. The van der Waals surface area contributed by atoms with E-state index in [0.717, 1.165) is 12.4 Å². The largest absolute Gasteiger partial charge is 0.493 e. The van der Waals surface area contributed by atoms with Gasteiger partial charge >= 0.3 is 0 Å². The third kappa shape index (κ3) is 2.63. The summed E-state index contributed by atoms with van der Waals surface area (Å²) >= 11 is 0. The van der Waals surface area contributed by atoms with Gasteiger partial charge in [-0.05, 0) is 18.8 Å². The van der Waals surface area contributed by atoms with E-state index in [1.54, 1.807) is 21.3 Å². The van der Waals surface area contributed by atoms with E-state index in [4.69, 9.17) is 18.9 Å². The molecule has 0 amide bonds. The first-order valence-corrected chi connectivity index (χ1v) is 6.21. The second kappa shape index (κ2) is 5.85. The molecule has 1 aromatic carbocycles. The number of ether oxygens (including phenoxy) is 4. The molecular formula is C14H20O4. The zero-order chi connectivity index (χ0) is 13.0. The van der Waals surface area contributed by atoms with Crippen LogP contribution in [0.25, 0.3) is 0 Å². The van der Waals surface area contributed by atoms with E-state index in [9.17, 15) is 0 Å². The molecule has 0 heterocycles. The second-order valence-electron chi connectivity index (χ2n) is 4.47. The molecule has 1 aliphatic carbocycles. The highest BCUT2D eigenvalue weighted by Crippen LogP contribution is 2.41. The van der Waals surface area contributed by atoms with Crippen molar-refractivity contribution >= 4 is 0 Å². The lowest BCUT2D eigenvalue weighted by atomic mass is 9.86. The summed E-state index contributed by atoms with van der Waals surface area (Å²) in [5.74, 6) is 3.30. The Labute approximate surface area is 108 Å². The first kappa shape index (κ1) is 12.9. The maximum Gasteiger partial charge on any atom is 0.203 e. The van der Waals surface area contributed by atoms with Crippen LogP contribution in [0.15, 0.2) is 12.1 Å². The van der Waals surface area contributed by atoms with E-state index in [2.05, 4.69) is 0 Å². The Kier molecular flexibility index (Phi) is 4.18. The maximum absolute atomic E-state index is 5.78. The number of benzene rings is 1. The van der Waals surface area contributed by atoms with Crippen LogP contribution in [0.1, 0.15) is 19.3 Å². The van der Waals surface area contributed by atoms with Crippen molar-refractivity contribution in [3.8, 4) is 23.0 Å². The van der Waals surface area contributed by atoms with Crippen LogP contribution in [0.4, 0.5) is 0 Å². The Morgan fingerprint density at radius 1 is 1.00 bits per heavy atom. The van der Waals surface area contributed by atoms with Crippen molar-refractivity contribution in [2.24, 2.45) is 5.92 Å². The van der Waals surface area contributed by atoms with Crippen molar-refractivity contribution in [3.63, 3.8) is 0 Å². The Morgan fingerprint density at radius 3 is 2.00 bits per heavy atom. The molecule has 0 aliphatic heterocycles. The molecule has 1 saturated carbocycles. The molecule has 0 spiro atoms. The predicted molar refractivity (Wildman–Crippen MR) is 68.9 cm³/mol. The lowest BCUT2D eigenvalue weighted by Crippen LogP contribution is -2.19. The van der Waals surface area contributed by atoms with Gasteiger partial charge in [0.25, 0.3) is 0 Å². The van der Waals surface area contributed by atoms with Crippen LogP contribution in [0.3, 0.4) is 0 Å². The van der Waals surface area contributed by atoms with E-state index in [0.29, 0.717) is 23.2 Å². The average Bonchev–Trinajstić information content (AvgIpc) is 2.35. The smallest absolute Gasteiger partial charge is 0.203 e. The Balaban J connectivity index is 2.13. The third-order valence-electron chi connectivity index (χ3n) is 3.35. The summed E-state index contributed by atoms with van der Waals surface area (Å²) < 4.78 is 21.6. The zero-order valence-electron chi connectivity index (χ0n) is 11.2. The highest BCUT2D eigenvalue weighted by Gasteiger charge is 2.19. The number of hydrogen-bond donors (Lipinski definition) is 0. The van der Waals surface area contributed by atoms with Gasteiger partial charge in [-0.15, -0.1) is 0 Å². The predicted octanol–water partition coefficient (Wildman–Crippen LogP) is 2.89. The fraction of sp³-hybridized carbons (Fsp3) is 0.571. The lowest BCUT2D eigenvalue weighted by molar-refractivity contribution is 0.179. The van der Waals surface area contributed by atoms with Gasteiger partial charge in [-0.3, -0.25) is 0 Å². The number of hydrogen-bond acceptors (Lipinski definition) is 4. The first-order chi connectivity index (χ1) is 8.78. The van der Waals surface area contributed by atoms with Gasteiger partial charge in [0.15, 0.2) is 11.5 Å². The molecule has 1 aliphatic rings. The van der Waals surface area contributed by atoms with Gasteiger partial charge in [-0.1, -0.05) is 6.42 Å². The van der Waals surface area contributed by atoms with E-state index in [-0.39, 0.29) is 0 Å². The molecule has 0 saturated heterocycles. The molecule has 100 valence electrons. The fourth-order valence-corrected chi connectivity index (χ4v) is 2.01. The standard InChI is InChI=1S/C14H20O4/c1-15-12-7-11(18-9-10-5-4-6-10)8-13(16-2)14(12)17-3/h7-8,10H,4-6,9H2,1-3H3. The highest BCUT2D eigenvalue weighted by molar-refractivity contribution is 5.55. The normalized spacial score (nSPS) is 14.8. The second-order valence-corrected chi connectivity index (χ2v) is 4.47. The Hall–Kier alpha value is -1.58. The number of rotatable bonds is 6. The van der Waals surface area contributed by atoms with Crippen molar-refractivity contribution in [1.29, 1.82) is 0 Å². The SMILES string of the molecule is COc1cc(OCC2CCC2)cc(OC)c1OC. The minimum absolute atomic E-state index is 0.594. The molecular weight excluding hydrogens is 232 g/mol. The zero-order valence-corrected chi connectivity index (χ0v) is 11.2. The highest BCUT2D eigenvalue weighted by atomic mass is 16.5. The molecule has 1 fully saturated rings. The molecule has 0 atom stereocenters. The van der Waals surface area contributed by atoms with Crippen molar-refractivity contribution in [1.82, 2.24) is 0 Å². The van der Waals surface area contributed by atoms with E-state index in [1.807, 2.05) is 12.1 Å². The van der Waals surface area contributed by atoms with E-state index < -0.39 is 0 Å². The molecule has 18 heavy (non-hydrogen) atoms. The van der Waals surface area contributed by atoms with Gasteiger partial charge in [-0.25, -0.2) is 0 Å². The van der Waals surface area contributed by atoms with Crippen molar-refractivity contribution < 1.29 is 18.9 Å². The quantitative estimate of drug-likeness (QED) is 0.780. The molecule has 0 bridgehead atoms. The van der Waals surface area contributed by atoms with Gasteiger partial charge in [0.2, 0.25) is 5.75 Å². The molecule has 2 rings (SSSR count). The van der Waals surface area contributed by atoms with Crippen LogP contribution in [0, 0.1) is 5.92 Å². The molecule has 0 aromatic heterocycles. The van der Waals surface area contributed by atoms with Gasteiger partial charge in [-0.2, -0.15) is 0 Å². The minimum Gasteiger partial charge on any atom is -0.493 e.